The third kappa shape index (κ3) is 4.85. The van der Waals surface area contributed by atoms with Gasteiger partial charge in [-0.05, 0) is 57.0 Å². The number of sulfonamides is 1. The number of para-hydroxylation sites is 1. The maximum absolute atomic E-state index is 12.7. The van der Waals surface area contributed by atoms with Gasteiger partial charge in [-0.15, -0.1) is 0 Å². The van der Waals surface area contributed by atoms with Crippen LogP contribution in [0.2, 0.25) is 0 Å². The molecule has 0 spiro atoms. The number of fused-ring (bicyclic) bond motifs is 1. The van der Waals surface area contributed by atoms with Crippen LogP contribution in [0.25, 0.3) is 0 Å². The molecule has 166 valence electrons. The van der Waals surface area contributed by atoms with E-state index in [1.807, 2.05) is 26.0 Å². The smallest absolute Gasteiger partial charge is 0.262 e. The molecule has 0 bridgehead atoms. The monoisotopic (exact) mass is 444 g/mol. The van der Waals surface area contributed by atoms with E-state index in [1.165, 1.54) is 16.4 Å². The SMILES string of the molecule is CC1(C)Cc2cccc(OCC(=O)Nc3ccc(S(=O)(=O)N4CCCCC4)cc3)c2O1. The molecular weight excluding hydrogens is 416 g/mol. The van der Waals surface area contributed by atoms with Gasteiger partial charge in [-0.1, -0.05) is 18.6 Å². The molecule has 4 rings (SSSR count). The van der Waals surface area contributed by atoms with E-state index in [0.717, 1.165) is 31.2 Å². The number of carbonyl (C=O) groups is 1. The standard InChI is InChI=1S/C23H28N2O5S/c1-23(2)15-17-7-6-8-20(22(17)30-23)29-16-21(26)24-18-9-11-19(12-10-18)31(27,28)25-13-4-3-5-14-25/h6-12H,3-5,13-16H2,1-2H3,(H,24,26). The molecule has 2 aromatic carbocycles. The number of rotatable bonds is 6. The summed E-state index contributed by atoms with van der Waals surface area (Å²) >= 11 is 0. The second-order valence-corrected chi connectivity index (χ2v) is 10.5. The predicted octanol–water partition coefficient (Wildman–Crippen LogP) is 3.59. The fourth-order valence-corrected chi connectivity index (χ4v) is 5.52. The lowest BCUT2D eigenvalue weighted by Crippen LogP contribution is -2.35. The van der Waals surface area contributed by atoms with Gasteiger partial charge in [-0.2, -0.15) is 4.31 Å². The van der Waals surface area contributed by atoms with Crippen molar-refractivity contribution in [3.8, 4) is 11.5 Å². The summed E-state index contributed by atoms with van der Waals surface area (Å²) in [5, 5.41) is 2.74. The molecule has 2 heterocycles. The fourth-order valence-electron chi connectivity index (χ4n) is 4.01. The van der Waals surface area contributed by atoms with Gasteiger partial charge in [0.25, 0.3) is 5.91 Å². The lowest BCUT2D eigenvalue weighted by Gasteiger charge is -2.25. The molecule has 8 heteroatoms. The molecule has 2 aliphatic heterocycles. The van der Waals surface area contributed by atoms with Gasteiger partial charge >= 0.3 is 0 Å². The van der Waals surface area contributed by atoms with Crippen LogP contribution in [0, 0.1) is 0 Å². The van der Waals surface area contributed by atoms with Crippen LogP contribution in [-0.2, 0) is 21.2 Å². The van der Waals surface area contributed by atoms with Crippen LogP contribution < -0.4 is 14.8 Å². The van der Waals surface area contributed by atoms with E-state index in [9.17, 15) is 13.2 Å². The van der Waals surface area contributed by atoms with Gasteiger partial charge in [0.05, 0.1) is 4.90 Å². The Balaban J connectivity index is 1.35. The summed E-state index contributed by atoms with van der Waals surface area (Å²) in [4.78, 5) is 12.6. The first-order valence-corrected chi connectivity index (χ1v) is 12.0. The molecule has 2 aliphatic rings. The number of hydrogen-bond acceptors (Lipinski definition) is 5. The quantitative estimate of drug-likeness (QED) is 0.736. The van der Waals surface area contributed by atoms with Crippen LogP contribution in [0.15, 0.2) is 47.4 Å². The van der Waals surface area contributed by atoms with Gasteiger partial charge in [0.1, 0.15) is 5.60 Å². The van der Waals surface area contributed by atoms with E-state index in [4.69, 9.17) is 9.47 Å². The fraction of sp³-hybridized carbons (Fsp3) is 0.435. The van der Waals surface area contributed by atoms with Crippen LogP contribution >= 0.6 is 0 Å². The molecule has 2 aromatic rings. The summed E-state index contributed by atoms with van der Waals surface area (Å²) in [6.07, 6.45) is 3.63. The number of nitrogens with one attached hydrogen (secondary N) is 1. The van der Waals surface area contributed by atoms with Crippen LogP contribution in [0.1, 0.15) is 38.7 Å². The van der Waals surface area contributed by atoms with Crippen LogP contribution in [-0.4, -0.2) is 43.9 Å². The minimum Gasteiger partial charge on any atom is -0.483 e. The van der Waals surface area contributed by atoms with E-state index in [2.05, 4.69) is 5.32 Å². The highest BCUT2D eigenvalue weighted by atomic mass is 32.2. The number of hydrogen-bond donors (Lipinski definition) is 1. The van der Waals surface area contributed by atoms with Crippen molar-refractivity contribution in [2.75, 3.05) is 25.0 Å². The summed E-state index contributed by atoms with van der Waals surface area (Å²) in [7, 11) is -3.49. The van der Waals surface area contributed by atoms with Gasteiger partial charge in [-0.25, -0.2) is 8.42 Å². The summed E-state index contributed by atoms with van der Waals surface area (Å²) in [6.45, 7) is 4.97. The first-order chi connectivity index (χ1) is 14.7. The third-order valence-corrected chi connectivity index (χ3v) is 7.42. The minimum absolute atomic E-state index is 0.173. The summed E-state index contributed by atoms with van der Waals surface area (Å²) in [6, 6.07) is 11.9. The molecular formula is C23H28N2O5S. The highest BCUT2D eigenvalue weighted by Crippen LogP contribution is 2.41. The molecule has 0 radical (unpaired) electrons. The number of amides is 1. The minimum atomic E-state index is -3.49. The van der Waals surface area contributed by atoms with Crippen LogP contribution in [0.5, 0.6) is 11.5 Å². The van der Waals surface area contributed by atoms with Crippen molar-refractivity contribution >= 4 is 21.6 Å². The average Bonchev–Trinajstić information content (AvgIpc) is 3.07. The number of nitrogens with zero attached hydrogens (tertiary/aromatic N) is 1. The van der Waals surface area contributed by atoms with E-state index >= 15 is 0 Å². The zero-order chi connectivity index (χ0) is 22.1. The topological polar surface area (TPSA) is 84.9 Å². The van der Waals surface area contributed by atoms with Gasteiger partial charge in [-0.3, -0.25) is 4.79 Å². The molecule has 1 saturated heterocycles. The summed E-state index contributed by atoms with van der Waals surface area (Å²) in [5.41, 5.74) is 1.29. The first kappa shape index (κ1) is 21.6. The molecule has 0 unspecified atom stereocenters. The van der Waals surface area contributed by atoms with E-state index < -0.39 is 10.0 Å². The molecule has 0 atom stereocenters. The van der Waals surface area contributed by atoms with Gasteiger partial charge in [0.2, 0.25) is 10.0 Å². The van der Waals surface area contributed by atoms with E-state index in [-0.39, 0.29) is 23.0 Å². The molecule has 0 saturated carbocycles. The second kappa shape index (κ2) is 8.51. The Labute approximate surface area is 183 Å². The van der Waals surface area contributed by atoms with Crippen LogP contribution in [0.3, 0.4) is 0 Å². The Bertz CT molecular complexity index is 1060. The zero-order valence-corrected chi connectivity index (χ0v) is 18.7. The van der Waals surface area contributed by atoms with Crippen LogP contribution in [0.4, 0.5) is 5.69 Å². The Kier molecular flexibility index (Phi) is 5.94. The van der Waals surface area contributed by atoms with Crippen molar-refractivity contribution in [3.05, 3.63) is 48.0 Å². The summed E-state index contributed by atoms with van der Waals surface area (Å²) in [5.74, 6) is 0.898. The van der Waals surface area contributed by atoms with E-state index in [1.54, 1.807) is 18.2 Å². The maximum Gasteiger partial charge on any atom is 0.262 e. The molecule has 1 amide bonds. The van der Waals surface area contributed by atoms with Crippen molar-refractivity contribution < 1.29 is 22.7 Å². The normalized spacial score (nSPS) is 18.1. The number of piperidine rings is 1. The van der Waals surface area contributed by atoms with Crippen molar-refractivity contribution in [2.45, 2.75) is 50.0 Å². The van der Waals surface area contributed by atoms with Crippen molar-refractivity contribution in [1.82, 2.24) is 4.31 Å². The van der Waals surface area contributed by atoms with Crippen molar-refractivity contribution in [2.24, 2.45) is 0 Å². The predicted molar refractivity (Wildman–Crippen MR) is 118 cm³/mol. The molecule has 7 nitrogen and oxygen atoms in total. The Morgan fingerprint density at radius 1 is 1.10 bits per heavy atom. The van der Waals surface area contributed by atoms with Crippen molar-refractivity contribution in [3.63, 3.8) is 0 Å². The van der Waals surface area contributed by atoms with Gasteiger partial charge in [0, 0.05) is 30.8 Å². The van der Waals surface area contributed by atoms with Crippen molar-refractivity contribution in [1.29, 1.82) is 0 Å². The number of carbonyl (C=O) groups excluding carboxylic acids is 1. The Morgan fingerprint density at radius 3 is 2.52 bits per heavy atom. The second-order valence-electron chi connectivity index (χ2n) is 8.61. The number of benzene rings is 2. The van der Waals surface area contributed by atoms with E-state index in [0.29, 0.717) is 30.3 Å². The lowest BCUT2D eigenvalue weighted by molar-refractivity contribution is -0.118. The Hall–Kier alpha value is -2.58. The molecule has 1 N–H and O–H groups in total. The Morgan fingerprint density at radius 2 is 1.81 bits per heavy atom. The van der Waals surface area contributed by atoms with Gasteiger partial charge in [0.15, 0.2) is 18.1 Å². The summed E-state index contributed by atoms with van der Waals surface area (Å²) < 4.78 is 38.6. The molecule has 1 fully saturated rings. The average molecular weight is 445 g/mol. The molecule has 0 aromatic heterocycles. The molecule has 31 heavy (non-hydrogen) atoms. The first-order valence-electron chi connectivity index (χ1n) is 10.6. The molecule has 0 aliphatic carbocycles. The number of ether oxygens (including phenoxy) is 2. The number of anilines is 1. The van der Waals surface area contributed by atoms with Gasteiger partial charge < -0.3 is 14.8 Å². The largest absolute Gasteiger partial charge is 0.483 e. The maximum atomic E-state index is 12.7. The highest BCUT2D eigenvalue weighted by Gasteiger charge is 2.32. The highest BCUT2D eigenvalue weighted by molar-refractivity contribution is 7.89. The zero-order valence-electron chi connectivity index (χ0n) is 17.9. The lowest BCUT2D eigenvalue weighted by atomic mass is 10.0. The third-order valence-electron chi connectivity index (χ3n) is 5.50.